The number of aromatic nitrogens is 5. The van der Waals surface area contributed by atoms with Gasteiger partial charge in [0.25, 0.3) is 5.91 Å². The molecule has 0 aliphatic heterocycles. The van der Waals surface area contributed by atoms with Crippen molar-refractivity contribution >= 4 is 17.9 Å². The van der Waals surface area contributed by atoms with Gasteiger partial charge >= 0.3 is 0 Å². The van der Waals surface area contributed by atoms with Crippen LogP contribution in [0.2, 0.25) is 0 Å². The maximum Gasteiger partial charge on any atom is 0.293 e. The molecule has 0 aliphatic carbocycles. The van der Waals surface area contributed by atoms with E-state index < -0.39 is 5.91 Å². The van der Waals surface area contributed by atoms with Crippen molar-refractivity contribution in [2.24, 2.45) is 5.10 Å². The van der Waals surface area contributed by atoms with Crippen LogP contribution in [0.5, 0.6) is 5.75 Å². The number of nitrogen functional groups attached to an aromatic ring is 1. The van der Waals surface area contributed by atoms with E-state index in [1.807, 2.05) is 25.1 Å². The summed E-state index contributed by atoms with van der Waals surface area (Å²) in [4.78, 5) is 12.5. The number of carbonyl (C=O) groups excluding carboxylic acids is 1. The molecule has 11 nitrogen and oxygen atoms in total. The summed E-state index contributed by atoms with van der Waals surface area (Å²) in [6.45, 7) is 1.96. The van der Waals surface area contributed by atoms with E-state index in [0.717, 1.165) is 12.0 Å². The van der Waals surface area contributed by atoms with Gasteiger partial charge in [-0.25, -0.2) is 10.1 Å². The largest absolute Gasteiger partial charge is 0.497 e. The van der Waals surface area contributed by atoms with Gasteiger partial charge in [-0.1, -0.05) is 30.7 Å². The third-order valence-electron chi connectivity index (χ3n) is 3.63. The van der Waals surface area contributed by atoms with Crippen molar-refractivity contribution in [2.45, 2.75) is 19.8 Å². The highest BCUT2D eigenvalue weighted by Gasteiger charge is 2.23. The van der Waals surface area contributed by atoms with E-state index >= 15 is 0 Å². The molecular weight excluding hydrogens is 352 g/mol. The zero-order valence-electron chi connectivity index (χ0n) is 14.8. The average Bonchev–Trinajstić information content (AvgIpc) is 3.28. The number of carbonyl (C=O) groups is 1. The first-order valence-electron chi connectivity index (χ1n) is 8.14. The standard InChI is InChI=1S/C16H18N8O3/c1-3-5-12-13(19-23-24(12)15-14(17)21-27-22-15)16(25)20-18-9-10-6-4-7-11(8-10)26-2/h4,6-9H,3,5H2,1-2H3,(H2,17,21)(H,20,25)/b18-9+. The van der Waals surface area contributed by atoms with Crippen molar-refractivity contribution in [3.63, 3.8) is 0 Å². The van der Waals surface area contributed by atoms with Gasteiger partial charge in [0, 0.05) is 0 Å². The van der Waals surface area contributed by atoms with Crippen LogP contribution < -0.4 is 15.9 Å². The molecule has 11 heteroatoms. The van der Waals surface area contributed by atoms with Gasteiger partial charge in [0.05, 0.1) is 19.0 Å². The lowest BCUT2D eigenvalue weighted by Gasteiger charge is -2.03. The normalized spacial score (nSPS) is 11.0. The van der Waals surface area contributed by atoms with Crippen LogP contribution in [0, 0.1) is 0 Å². The number of hydrazone groups is 1. The Bertz CT molecular complexity index is 962. The van der Waals surface area contributed by atoms with Gasteiger partial charge in [-0.3, -0.25) is 4.79 Å². The van der Waals surface area contributed by atoms with Gasteiger partial charge in [-0.2, -0.15) is 9.78 Å². The Hall–Kier alpha value is -3.76. The third kappa shape index (κ3) is 3.92. The van der Waals surface area contributed by atoms with E-state index in [-0.39, 0.29) is 17.3 Å². The lowest BCUT2D eigenvalue weighted by atomic mass is 10.2. The molecule has 0 fully saturated rings. The number of hydrogen-bond acceptors (Lipinski definition) is 9. The molecule has 0 unspecified atom stereocenters. The lowest BCUT2D eigenvalue weighted by molar-refractivity contribution is 0.0949. The van der Waals surface area contributed by atoms with E-state index in [9.17, 15) is 4.79 Å². The fourth-order valence-corrected chi connectivity index (χ4v) is 2.39. The molecule has 3 N–H and O–H groups in total. The molecule has 0 bridgehead atoms. The van der Waals surface area contributed by atoms with Gasteiger partial charge in [-0.05, 0) is 34.4 Å². The summed E-state index contributed by atoms with van der Waals surface area (Å²) in [6, 6.07) is 7.26. The van der Waals surface area contributed by atoms with Crippen LogP contribution in [0.1, 0.15) is 35.1 Å². The van der Waals surface area contributed by atoms with E-state index in [4.69, 9.17) is 10.5 Å². The Morgan fingerprint density at radius 3 is 3.00 bits per heavy atom. The number of rotatable bonds is 7. The fraction of sp³-hybridized carbons (Fsp3) is 0.250. The van der Waals surface area contributed by atoms with E-state index in [1.165, 1.54) is 10.9 Å². The van der Waals surface area contributed by atoms with Crippen LogP contribution in [0.4, 0.5) is 5.82 Å². The first-order valence-corrected chi connectivity index (χ1v) is 8.14. The highest BCUT2D eigenvalue weighted by Crippen LogP contribution is 2.17. The molecule has 0 spiro atoms. The summed E-state index contributed by atoms with van der Waals surface area (Å²) >= 11 is 0. The molecule has 0 radical (unpaired) electrons. The predicted octanol–water partition coefficient (Wildman–Crippen LogP) is 0.957. The molecule has 1 aromatic carbocycles. The smallest absolute Gasteiger partial charge is 0.293 e. The number of benzene rings is 1. The zero-order chi connectivity index (χ0) is 19.2. The van der Waals surface area contributed by atoms with E-state index in [2.05, 4.69) is 35.8 Å². The number of nitrogens with two attached hydrogens (primary N) is 1. The topological polar surface area (TPSA) is 146 Å². The summed E-state index contributed by atoms with van der Waals surface area (Å²) in [5.41, 5.74) is 9.58. The molecule has 140 valence electrons. The SMILES string of the molecule is CCCc1c(C(=O)N/N=C/c2cccc(OC)c2)nnn1-c1nonc1N. The van der Waals surface area contributed by atoms with Crippen LogP contribution in [-0.4, -0.2) is 44.5 Å². The first kappa shape index (κ1) is 18.0. The van der Waals surface area contributed by atoms with E-state index in [0.29, 0.717) is 17.9 Å². The summed E-state index contributed by atoms with van der Waals surface area (Å²) in [5.74, 6) is 0.432. The van der Waals surface area contributed by atoms with Gasteiger partial charge in [0.15, 0.2) is 5.69 Å². The second-order valence-electron chi connectivity index (χ2n) is 5.50. The van der Waals surface area contributed by atoms with E-state index in [1.54, 1.807) is 13.2 Å². The maximum atomic E-state index is 12.5. The predicted molar refractivity (Wildman–Crippen MR) is 95.7 cm³/mol. The molecule has 2 heterocycles. The van der Waals surface area contributed by atoms with Gasteiger partial charge in [0.2, 0.25) is 11.6 Å². The highest BCUT2D eigenvalue weighted by atomic mass is 16.6. The van der Waals surface area contributed by atoms with Gasteiger partial charge in [-0.15, -0.1) is 5.10 Å². The van der Waals surface area contributed by atoms with Crippen molar-refractivity contribution < 1.29 is 14.2 Å². The molecule has 3 rings (SSSR count). The first-order chi connectivity index (χ1) is 13.1. The van der Waals surface area contributed by atoms with Crippen LogP contribution in [0.25, 0.3) is 5.82 Å². The molecule has 3 aromatic rings. The Morgan fingerprint density at radius 1 is 1.44 bits per heavy atom. The van der Waals surface area contributed by atoms with Crippen LogP contribution in [-0.2, 0) is 6.42 Å². The maximum absolute atomic E-state index is 12.5. The number of ether oxygens (including phenoxy) is 1. The highest BCUT2D eigenvalue weighted by molar-refractivity contribution is 5.94. The fourth-order valence-electron chi connectivity index (χ4n) is 2.39. The third-order valence-corrected chi connectivity index (χ3v) is 3.63. The number of nitrogens with one attached hydrogen (secondary N) is 1. The van der Waals surface area contributed by atoms with Crippen LogP contribution in [0.15, 0.2) is 34.0 Å². The Balaban J connectivity index is 1.79. The molecule has 0 saturated heterocycles. The van der Waals surface area contributed by atoms with Crippen LogP contribution in [0.3, 0.4) is 0 Å². The summed E-state index contributed by atoms with van der Waals surface area (Å²) in [5, 5.41) is 19.0. The number of anilines is 1. The average molecular weight is 370 g/mol. The van der Waals surface area contributed by atoms with Crippen LogP contribution >= 0.6 is 0 Å². The molecule has 1 amide bonds. The Kier molecular flexibility index (Phi) is 5.40. The number of hydrogen-bond donors (Lipinski definition) is 2. The lowest BCUT2D eigenvalue weighted by Crippen LogP contribution is -2.20. The minimum Gasteiger partial charge on any atom is -0.497 e. The van der Waals surface area contributed by atoms with Crippen molar-refractivity contribution in [1.29, 1.82) is 0 Å². The molecule has 0 aliphatic rings. The molecular formula is C16H18N8O3. The summed E-state index contributed by atoms with van der Waals surface area (Å²) < 4.78 is 11.1. The quantitative estimate of drug-likeness (QED) is 0.462. The van der Waals surface area contributed by atoms with Crippen molar-refractivity contribution in [3.8, 4) is 11.6 Å². The second-order valence-corrected chi connectivity index (χ2v) is 5.50. The number of methoxy groups -OCH3 is 1. The molecule has 0 saturated carbocycles. The molecule has 27 heavy (non-hydrogen) atoms. The molecule has 0 atom stereocenters. The summed E-state index contributed by atoms with van der Waals surface area (Å²) in [6.07, 6.45) is 2.79. The monoisotopic (exact) mass is 370 g/mol. The Labute approximate surface area is 154 Å². The van der Waals surface area contributed by atoms with Gasteiger partial charge in [0.1, 0.15) is 5.75 Å². The number of amides is 1. The van der Waals surface area contributed by atoms with Crippen molar-refractivity contribution in [3.05, 3.63) is 41.2 Å². The van der Waals surface area contributed by atoms with Gasteiger partial charge < -0.3 is 10.5 Å². The molecule has 2 aromatic heterocycles. The zero-order valence-corrected chi connectivity index (χ0v) is 14.8. The summed E-state index contributed by atoms with van der Waals surface area (Å²) in [7, 11) is 1.58. The minimum absolute atomic E-state index is 0.0558. The van der Waals surface area contributed by atoms with Crippen molar-refractivity contribution in [1.82, 2.24) is 30.7 Å². The minimum atomic E-state index is -0.501. The second kappa shape index (κ2) is 8.08. The van der Waals surface area contributed by atoms with Crippen molar-refractivity contribution in [2.75, 3.05) is 12.8 Å². The Morgan fingerprint density at radius 2 is 2.30 bits per heavy atom. The number of nitrogens with zero attached hydrogens (tertiary/aromatic N) is 6.